The van der Waals surface area contributed by atoms with Crippen LogP contribution < -0.4 is 0 Å². The van der Waals surface area contributed by atoms with Crippen LogP contribution in [0.15, 0.2) is 59.5 Å². The molecule has 3 rings (SSSR count). The maximum Gasteiger partial charge on any atom is 0.197 e. The number of hydrogen-bond acceptors (Lipinski definition) is 4. The van der Waals surface area contributed by atoms with Crippen LogP contribution in [0.25, 0.3) is 0 Å². The highest BCUT2D eigenvalue weighted by Gasteiger charge is 2.39. The molecule has 5 heteroatoms. The van der Waals surface area contributed by atoms with E-state index >= 15 is 0 Å². The normalized spacial score (nSPS) is 16.2. The molecule has 1 aliphatic carbocycles. The van der Waals surface area contributed by atoms with Crippen LogP contribution in [0, 0.1) is 0 Å². The molecular weight excluding hydrogens is 300 g/mol. The minimum atomic E-state index is -3.49. The Morgan fingerprint density at radius 1 is 1.00 bits per heavy atom. The van der Waals surface area contributed by atoms with Crippen LogP contribution in [0.4, 0.5) is 0 Å². The van der Waals surface area contributed by atoms with E-state index in [4.69, 9.17) is 0 Å². The van der Waals surface area contributed by atoms with Crippen molar-refractivity contribution in [2.45, 2.75) is 29.1 Å². The van der Waals surface area contributed by atoms with Gasteiger partial charge in [-0.25, -0.2) is 8.42 Å². The topological polar surface area (TPSA) is 71.4 Å². The highest BCUT2D eigenvalue weighted by molar-refractivity contribution is 7.92. The number of aliphatic hydroxyl groups is 1. The third kappa shape index (κ3) is 2.69. The lowest BCUT2D eigenvalue weighted by Gasteiger charge is -2.13. The van der Waals surface area contributed by atoms with Crippen LogP contribution in [0.3, 0.4) is 0 Å². The number of Topliss-reactive ketones (excluding diaryl/α,β-unsaturated/α-hetero) is 1. The fourth-order valence-electron chi connectivity index (χ4n) is 2.41. The number of carbonyl (C=O) groups is 1. The Labute approximate surface area is 129 Å². The molecule has 114 valence electrons. The lowest BCUT2D eigenvalue weighted by atomic mass is 10.00. The SMILES string of the molecule is O=C(c1ccccc1S(=O)(=O)C1CC1)C(O)c1ccccc1. The summed E-state index contributed by atoms with van der Waals surface area (Å²) < 4.78 is 24.9. The number of aliphatic hydroxyl groups excluding tert-OH is 1. The van der Waals surface area contributed by atoms with Crippen molar-refractivity contribution in [2.75, 3.05) is 0 Å². The first-order valence-electron chi connectivity index (χ1n) is 7.12. The summed E-state index contributed by atoms with van der Waals surface area (Å²) in [6.45, 7) is 0. The van der Waals surface area contributed by atoms with E-state index in [2.05, 4.69) is 0 Å². The Morgan fingerprint density at radius 3 is 2.23 bits per heavy atom. The molecule has 0 heterocycles. The first-order chi connectivity index (χ1) is 10.5. The summed E-state index contributed by atoms with van der Waals surface area (Å²) in [4.78, 5) is 12.6. The molecule has 2 aromatic carbocycles. The molecule has 1 saturated carbocycles. The van der Waals surface area contributed by atoms with Gasteiger partial charge >= 0.3 is 0 Å². The maximum atomic E-state index is 12.5. The summed E-state index contributed by atoms with van der Waals surface area (Å²) in [6, 6.07) is 14.6. The van der Waals surface area contributed by atoms with Crippen molar-refractivity contribution in [1.82, 2.24) is 0 Å². The lowest BCUT2D eigenvalue weighted by Crippen LogP contribution is -2.18. The smallest absolute Gasteiger partial charge is 0.197 e. The molecule has 0 aliphatic heterocycles. The average molecular weight is 316 g/mol. The van der Waals surface area contributed by atoms with E-state index in [1.165, 1.54) is 12.1 Å². The highest BCUT2D eigenvalue weighted by atomic mass is 32.2. The van der Waals surface area contributed by atoms with E-state index in [9.17, 15) is 18.3 Å². The van der Waals surface area contributed by atoms with Gasteiger partial charge in [-0.05, 0) is 30.5 Å². The average Bonchev–Trinajstić information content (AvgIpc) is 3.40. The van der Waals surface area contributed by atoms with Gasteiger partial charge in [-0.1, -0.05) is 42.5 Å². The van der Waals surface area contributed by atoms with Crippen LogP contribution in [0.2, 0.25) is 0 Å². The number of ketones is 1. The van der Waals surface area contributed by atoms with E-state index in [1.807, 2.05) is 0 Å². The van der Waals surface area contributed by atoms with Crippen LogP contribution in [0.5, 0.6) is 0 Å². The Hall–Kier alpha value is -1.98. The summed E-state index contributed by atoms with van der Waals surface area (Å²) in [5, 5.41) is 9.85. The zero-order valence-corrected chi connectivity index (χ0v) is 12.7. The Balaban J connectivity index is 2.00. The molecule has 0 bridgehead atoms. The number of benzene rings is 2. The predicted molar refractivity (Wildman–Crippen MR) is 82.4 cm³/mol. The van der Waals surface area contributed by atoms with E-state index < -0.39 is 27.0 Å². The second-order valence-corrected chi connectivity index (χ2v) is 7.61. The molecule has 1 fully saturated rings. The van der Waals surface area contributed by atoms with Crippen molar-refractivity contribution in [3.63, 3.8) is 0 Å². The minimum Gasteiger partial charge on any atom is -0.380 e. The van der Waals surface area contributed by atoms with Crippen molar-refractivity contribution in [2.24, 2.45) is 0 Å². The second-order valence-electron chi connectivity index (χ2n) is 5.42. The van der Waals surface area contributed by atoms with Crippen molar-refractivity contribution in [3.8, 4) is 0 Å². The Kier molecular flexibility index (Phi) is 3.85. The highest BCUT2D eigenvalue weighted by Crippen LogP contribution is 2.35. The summed E-state index contributed by atoms with van der Waals surface area (Å²) in [6.07, 6.45) is -0.102. The van der Waals surface area contributed by atoms with Gasteiger partial charge in [-0.3, -0.25) is 4.79 Å². The first kappa shape index (κ1) is 14.9. The lowest BCUT2D eigenvalue weighted by molar-refractivity contribution is 0.0744. The van der Waals surface area contributed by atoms with Crippen LogP contribution in [0.1, 0.15) is 34.9 Å². The first-order valence-corrected chi connectivity index (χ1v) is 8.66. The van der Waals surface area contributed by atoms with Crippen molar-refractivity contribution < 1.29 is 18.3 Å². The van der Waals surface area contributed by atoms with Gasteiger partial charge in [-0.2, -0.15) is 0 Å². The minimum absolute atomic E-state index is 0.0254. The molecule has 0 saturated heterocycles. The van der Waals surface area contributed by atoms with E-state index in [0.29, 0.717) is 18.4 Å². The Bertz CT molecular complexity index is 792. The fourth-order valence-corrected chi connectivity index (χ4v) is 4.27. The van der Waals surface area contributed by atoms with E-state index in [-0.39, 0.29) is 10.5 Å². The van der Waals surface area contributed by atoms with Crippen LogP contribution in [-0.2, 0) is 9.84 Å². The van der Waals surface area contributed by atoms with Crippen molar-refractivity contribution >= 4 is 15.6 Å². The Morgan fingerprint density at radius 2 is 1.59 bits per heavy atom. The largest absolute Gasteiger partial charge is 0.380 e. The monoisotopic (exact) mass is 316 g/mol. The van der Waals surface area contributed by atoms with Gasteiger partial charge in [0.25, 0.3) is 0 Å². The molecule has 0 amide bonds. The molecule has 0 spiro atoms. The molecule has 4 nitrogen and oxygen atoms in total. The van der Waals surface area contributed by atoms with Crippen molar-refractivity contribution in [3.05, 3.63) is 65.7 Å². The molecule has 1 unspecified atom stereocenters. The van der Waals surface area contributed by atoms with Gasteiger partial charge in [0.2, 0.25) is 0 Å². The number of hydrogen-bond donors (Lipinski definition) is 1. The van der Waals surface area contributed by atoms with Gasteiger partial charge < -0.3 is 5.11 Å². The van der Waals surface area contributed by atoms with Gasteiger partial charge in [-0.15, -0.1) is 0 Å². The third-order valence-electron chi connectivity index (χ3n) is 3.79. The molecule has 1 atom stereocenters. The summed E-state index contributed by atoms with van der Waals surface area (Å²) in [5.41, 5.74) is 0.511. The third-order valence-corrected chi connectivity index (χ3v) is 6.10. The number of carbonyl (C=O) groups excluding carboxylic acids is 1. The number of rotatable bonds is 5. The second kappa shape index (κ2) is 5.66. The van der Waals surface area contributed by atoms with E-state index in [1.54, 1.807) is 42.5 Å². The molecule has 1 aliphatic rings. The van der Waals surface area contributed by atoms with Gasteiger partial charge in [0.15, 0.2) is 15.6 Å². The standard InChI is InChI=1S/C17H16O4S/c18-16(12-6-2-1-3-7-12)17(19)14-8-4-5-9-15(14)22(20,21)13-10-11-13/h1-9,13,16,18H,10-11H2. The zero-order chi connectivity index (χ0) is 15.7. The van der Waals surface area contributed by atoms with Gasteiger partial charge in [0, 0.05) is 5.56 Å². The fraction of sp³-hybridized carbons (Fsp3) is 0.235. The number of sulfone groups is 1. The van der Waals surface area contributed by atoms with Crippen molar-refractivity contribution in [1.29, 1.82) is 0 Å². The molecule has 0 aromatic heterocycles. The molecule has 1 N–H and O–H groups in total. The van der Waals surface area contributed by atoms with Gasteiger partial charge in [0.1, 0.15) is 6.10 Å². The molecule has 22 heavy (non-hydrogen) atoms. The van der Waals surface area contributed by atoms with Gasteiger partial charge in [0.05, 0.1) is 10.1 Å². The van der Waals surface area contributed by atoms with Crippen LogP contribution in [-0.4, -0.2) is 24.6 Å². The molecular formula is C17H16O4S. The zero-order valence-electron chi connectivity index (χ0n) is 11.8. The molecule has 2 aromatic rings. The van der Waals surface area contributed by atoms with E-state index in [0.717, 1.165) is 0 Å². The van der Waals surface area contributed by atoms with Crippen LogP contribution >= 0.6 is 0 Å². The summed E-state index contributed by atoms with van der Waals surface area (Å²) in [5.74, 6) is -0.592. The molecule has 0 radical (unpaired) electrons. The quantitative estimate of drug-likeness (QED) is 0.861. The summed E-state index contributed by atoms with van der Waals surface area (Å²) in [7, 11) is -3.49. The predicted octanol–water partition coefficient (Wildman–Crippen LogP) is 2.54. The maximum absolute atomic E-state index is 12.5. The summed E-state index contributed by atoms with van der Waals surface area (Å²) >= 11 is 0.